The van der Waals surface area contributed by atoms with Crippen molar-refractivity contribution in [1.82, 2.24) is 4.98 Å². The number of carbonyl (C=O) groups is 1. The lowest BCUT2D eigenvalue weighted by Crippen LogP contribution is -2.15. The zero-order chi connectivity index (χ0) is 14.5. The maximum absolute atomic E-state index is 11.4. The van der Waals surface area contributed by atoms with Gasteiger partial charge in [0.15, 0.2) is 0 Å². The normalized spacial score (nSPS) is 12.1. The largest absolute Gasteiger partial charge is 0.482 e. The number of alkyl halides is 1. The summed E-state index contributed by atoms with van der Waals surface area (Å²) >= 11 is 7.26. The van der Waals surface area contributed by atoms with Crippen LogP contribution in [0.1, 0.15) is 40.5 Å². The van der Waals surface area contributed by atoms with Gasteiger partial charge in [-0.05, 0) is 18.6 Å². The van der Waals surface area contributed by atoms with Gasteiger partial charge >= 0.3 is 0 Å². The van der Waals surface area contributed by atoms with Gasteiger partial charge < -0.3 is 10.5 Å². The summed E-state index contributed by atoms with van der Waals surface area (Å²) in [6.07, 6.45) is 0.528. The summed E-state index contributed by atoms with van der Waals surface area (Å²) in [5.74, 6) is 0.357. The lowest BCUT2D eigenvalue weighted by molar-refractivity contribution is 0.0992. The van der Waals surface area contributed by atoms with Crippen LogP contribution in [-0.4, -0.2) is 10.9 Å². The zero-order valence-corrected chi connectivity index (χ0v) is 12.6. The SMILES string of the molecule is CCC(Oc1ccccc1C(N)=O)c1nc(CCl)cs1. The van der Waals surface area contributed by atoms with Gasteiger partial charge in [-0.25, -0.2) is 4.98 Å². The number of hydrogen-bond donors (Lipinski definition) is 1. The fourth-order valence-corrected chi connectivity index (χ4v) is 2.92. The van der Waals surface area contributed by atoms with Gasteiger partial charge in [-0.1, -0.05) is 19.1 Å². The van der Waals surface area contributed by atoms with Gasteiger partial charge in [0.2, 0.25) is 0 Å². The molecule has 0 aliphatic rings. The topological polar surface area (TPSA) is 65.2 Å². The Bertz CT molecular complexity index is 600. The number of hydrogen-bond acceptors (Lipinski definition) is 4. The van der Waals surface area contributed by atoms with E-state index < -0.39 is 5.91 Å². The molecule has 0 aliphatic heterocycles. The van der Waals surface area contributed by atoms with E-state index in [2.05, 4.69) is 4.98 Å². The third kappa shape index (κ3) is 3.29. The smallest absolute Gasteiger partial charge is 0.252 e. The lowest BCUT2D eigenvalue weighted by atomic mass is 10.2. The molecule has 2 N–H and O–H groups in total. The Balaban J connectivity index is 2.24. The van der Waals surface area contributed by atoms with Gasteiger partial charge in [-0.2, -0.15) is 0 Å². The second kappa shape index (κ2) is 6.72. The van der Waals surface area contributed by atoms with Crippen molar-refractivity contribution in [3.63, 3.8) is 0 Å². The summed E-state index contributed by atoms with van der Waals surface area (Å²) in [4.78, 5) is 15.8. The minimum Gasteiger partial charge on any atom is -0.482 e. The summed E-state index contributed by atoms with van der Waals surface area (Å²) in [7, 11) is 0. The maximum atomic E-state index is 11.4. The molecule has 1 atom stereocenters. The molecule has 2 aromatic rings. The number of para-hydroxylation sites is 1. The van der Waals surface area contributed by atoms with Gasteiger partial charge in [0, 0.05) is 5.38 Å². The third-order valence-electron chi connectivity index (χ3n) is 2.77. The van der Waals surface area contributed by atoms with Gasteiger partial charge in [-0.15, -0.1) is 22.9 Å². The zero-order valence-electron chi connectivity index (χ0n) is 11.0. The Morgan fingerprint density at radius 3 is 2.85 bits per heavy atom. The minimum absolute atomic E-state index is 0.211. The Kier molecular flexibility index (Phi) is 4.98. The van der Waals surface area contributed by atoms with E-state index in [1.54, 1.807) is 24.3 Å². The quantitative estimate of drug-likeness (QED) is 0.830. The van der Waals surface area contributed by atoms with E-state index in [0.29, 0.717) is 17.2 Å². The van der Waals surface area contributed by atoms with Crippen LogP contribution in [0.5, 0.6) is 5.75 Å². The average molecular weight is 311 g/mol. The second-order valence-electron chi connectivity index (χ2n) is 4.19. The standard InChI is InChI=1S/C14H15ClN2O2S/c1-2-11(14-17-9(7-15)8-20-14)19-12-6-4-3-5-10(12)13(16)18/h3-6,8,11H,2,7H2,1H3,(H2,16,18). The molecule has 0 aliphatic carbocycles. The number of aromatic nitrogens is 1. The first kappa shape index (κ1) is 14.8. The van der Waals surface area contributed by atoms with Crippen LogP contribution in [0.15, 0.2) is 29.6 Å². The number of thiazole rings is 1. The molecule has 0 radical (unpaired) electrons. The maximum Gasteiger partial charge on any atom is 0.252 e. The first-order valence-electron chi connectivity index (χ1n) is 6.21. The molecule has 1 heterocycles. The predicted molar refractivity (Wildman–Crippen MR) is 80.3 cm³/mol. The molecular formula is C14H15ClN2O2S. The molecule has 2 rings (SSSR count). The number of amides is 1. The van der Waals surface area contributed by atoms with Crippen LogP contribution < -0.4 is 10.5 Å². The highest BCUT2D eigenvalue weighted by molar-refractivity contribution is 7.09. The average Bonchev–Trinajstić information content (AvgIpc) is 2.93. The van der Waals surface area contributed by atoms with Crippen LogP contribution in [0.25, 0.3) is 0 Å². The summed E-state index contributed by atoms with van der Waals surface area (Å²) in [5, 5.41) is 2.76. The first-order valence-corrected chi connectivity index (χ1v) is 7.62. The number of benzene rings is 1. The molecule has 1 amide bonds. The highest BCUT2D eigenvalue weighted by Crippen LogP contribution is 2.29. The van der Waals surface area contributed by atoms with E-state index in [9.17, 15) is 4.79 Å². The summed E-state index contributed by atoms with van der Waals surface area (Å²) < 4.78 is 5.90. The van der Waals surface area contributed by atoms with Crippen LogP contribution in [0.4, 0.5) is 0 Å². The lowest BCUT2D eigenvalue weighted by Gasteiger charge is -2.17. The second-order valence-corrected chi connectivity index (χ2v) is 5.34. The summed E-state index contributed by atoms with van der Waals surface area (Å²) in [6.45, 7) is 2.00. The minimum atomic E-state index is -0.504. The highest BCUT2D eigenvalue weighted by Gasteiger charge is 2.18. The van der Waals surface area contributed by atoms with Crippen molar-refractivity contribution in [2.24, 2.45) is 5.73 Å². The predicted octanol–water partition coefficient (Wildman–Crippen LogP) is 3.51. The van der Waals surface area contributed by atoms with E-state index in [1.165, 1.54) is 11.3 Å². The molecule has 1 unspecified atom stereocenters. The number of primary amides is 1. The number of halogens is 1. The van der Waals surface area contributed by atoms with E-state index in [-0.39, 0.29) is 6.10 Å². The van der Waals surface area contributed by atoms with Gasteiger partial charge in [0.05, 0.1) is 17.1 Å². The van der Waals surface area contributed by atoms with Gasteiger partial charge in [0.25, 0.3) is 5.91 Å². The molecule has 106 valence electrons. The van der Waals surface area contributed by atoms with Crippen molar-refractivity contribution in [3.8, 4) is 5.75 Å². The van der Waals surface area contributed by atoms with E-state index >= 15 is 0 Å². The Morgan fingerprint density at radius 2 is 2.25 bits per heavy atom. The van der Waals surface area contributed by atoms with Crippen LogP contribution >= 0.6 is 22.9 Å². The molecule has 1 aromatic carbocycles. The highest BCUT2D eigenvalue weighted by atomic mass is 35.5. The van der Waals surface area contributed by atoms with E-state index in [4.69, 9.17) is 22.1 Å². The van der Waals surface area contributed by atoms with Crippen molar-refractivity contribution < 1.29 is 9.53 Å². The van der Waals surface area contributed by atoms with Crippen LogP contribution in [0, 0.1) is 0 Å². The van der Waals surface area contributed by atoms with Crippen molar-refractivity contribution in [2.75, 3.05) is 0 Å². The van der Waals surface area contributed by atoms with Gasteiger partial charge in [0.1, 0.15) is 16.9 Å². The molecule has 0 saturated carbocycles. The number of nitrogens with two attached hydrogens (primary N) is 1. The molecule has 0 bridgehead atoms. The number of rotatable bonds is 6. The van der Waals surface area contributed by atoms with Gasteiger partial charge in [-0.3, -0.25) is 4.79 Å². The van der Waals surface area contributed by atoms with Crippen molar-refractivity contribution in [2.45, 2.75) is 25.3 Å². The number of nitrogens with zero attached hydrogens (tertiary/aromatic N) is 1. The van der Waals surface area contributed by atoms with E-state index in [1.807, 2.05) is 12.3 Å². The molecule has 0 fully saturated rings. The molecule has 1 aromatic heterocycles. The molecule has 20 heavy (non-hydrogen) atoms. The first-order chi connectivity index (χ1) is 9.65. The Morgan fingerprint density at radius 1 is 1.50 bits per heavy atom. The Hall–Kier alpha value is -1.59. The fraction of sp³-hybridized carbons (Fsp3) is 0.286. The van der Waals surface area contributed by atoms with Crippen LogP contribution in [-0.2, 0) is 5.88 Å². The monoisotopic (exact) mass is 310 g/mol. The number of ether oxygens (including phenoxy) is 1. The number of carbonyl (C=O) groups excluding carboxylic acids is 1. The fourth-order valence-electron chi connectivity index (χ4n) is 1.77. The summed E-state index contributed by atoms with van der Waals surface area (Å²) in [5.41, 5.74) is 6.55. The van der Waals surface area contributed by atoms with E-state index in [0.717, 1.165) is 17.1 Å². The molecule has 0 saturated heterocycles. The molecular weight excluding hydrogens is 296 g/mol. The van der Waals surface area contributed by atoms with Crippen LogP contribution in [0.2, 0.25) is 0 Å². The summed E-state index contributed by atoms with van der Waals surface area (Å²) in [6, 6.07) is 6.94. The van der Waals surface area contributed by atoms with Crippen molar-refractivity contribution >= 4 is 28.8 Å². The molecule has 6 heteroatoms. The Labute approximate surface area is 126 Å². The molecule has 0 spiro atoms. The van der Waals surface area contributed by atoms with Crippen LogP contribution in [0.3, 0.4) is 0 Å². The third-order valence-corrected chi connectivity index (χ3v) is 4.03. The van der Waals surface area contributed by atoms with Crippen molar-refractivity contribution in [3.05, 3.63) is 45.9 Å². The van der Waals surface area contributed by atoms with Crippen molar-refractivity contribution in [1.29, 1.82) is 0 Å². The molecule has 4 nitrogen and oxygen atoms in total.